The molecule has 1 heterocycles. The Bertz CT molecular complexity index is 168. The maximum absolute atomic E-state index is 5.72. The number of hydrogen-bond donors (Lipinski definition) is 1. The number of allylic oxidation sites excluding steroid dienone is 1. The molecule has 0 saturated carbocycles. The zero-order valence-electron chi connectivity index (χ0n) is 6.02. The van der Waals surface area contributed by atoms with Gasteiger partial charge in [0.15, 0.2) is 0 Å². The molecule has 0 saturated heterocycles. The molecule has 0 atom stereocenters. The van der Waals surface area contributed by atoms with Gasteiger partial charge in [-0.1, -0.05) is 11.6 Å². The highest BCUT2D eigenvalue weighted by Crippen LogP contribution is 2.15. The van der Waals surface area contributed by atoms with Crippen molar-refractivity contribution in [2.75, 3.05) is 13.6 Å². The van der Waals surface area contributed by atoms with Crippen LogP contribution < -0.4 is 5.32 Å². The molecule has 0 aromatic heterocycles. The van der Waals surface area contributed by atoms with Crippen LogP contribution in [0.3, 0.4) is 0 Å². The summed E-state index contributed by atoms with van der Waals surface area (Å²) in [5, 5.41) is 3.91. The Morgan fingerprint density at radius 3 is 3.00 bits per heavy atom. The summed E-state index contributed by atoms with van der Waals surface area (Å²) in [6, 6.07) is 0. The first kappa shape index (κ1) is 7.76. The number of aliphatic imine (C=N–C) groups is 1. The molecule has 3 heteroatoms. The molecule has 0 unspecified atom stereocenters. The fourth-order valence-corrected chi connectivity index (χ4v) is 1.04. The third-order valence-corrected chi connectivity index (χ3v) is 1.71. The lowest BCUT2D eigenvalue weighted by Gasteiger charge is -2.08. The summed E-state index contributed by atoms with van der Waals surface area (Å²) in [6.45, 7) is 0.876. The van der Waals surface area contributed by atoms with E-state index in [-0.39, 0.29) is 0 Å². The van der Waals surface area contributed by atoms with Gasteiger partial charge in [-0.05, 0) is 19.9 Å². The predicted octanol–water partition coefficient (Wildman–Crippen LogP) is 1.52. The van der Waals surface area contributed by atoms with E-state index in [1.807, 2.05) is 7.05 Å². The molecule has 1 rings (SSSR count). The highest BCUT2D eigenvalue weighted by Gasteiger charge is 2.03. The van der Waals surface area contributed by atoms with Crippen LogP contribution in [0.25, 0.3) is 0 Å². The van der Waals surface area contributed by atoms with Gasteiger partial charge in [-0.2, -0.15) is 0 Å². The molecule has 0 aromatic rings. The van der Waals surface area contributed by atoms with E-state index in [9.17, 15) is 0 Å². The van der Waals surface area contributed by atoms with E-state index in [2.05, 4.69) is 10.3 Å². The Kier molecular flexibility index (Phi) is 2.90. The van der Waals surface area contributed by atoms with Gasteiger partial charge >= 0.3 is 0 Å². The van der Waals surface area contributed by atoms with Crippen LogP contribution in [0.15, 0.2) is 16.2 Å². The smallest absolute Gasteiger partial charge is 0.0413 e. The van der Waals surface area contributed by atoms with Crippen molar-refractivity contribution in [2.24, 2.45) is 4.99 Å². The second kappa shape index (κ2) is 3.74. The molecule has 0 bridgehead atoms. The molecule has 1 aliphatic heterocycles. The fourth-order valence-electron chi connectivity index (χ4n) is 0.892. The first-order chi connectivity index (χ1) is 4.83. The first-order valence-electron chi connectivity index (χ1n) is 3.37. The molecule has 0 fully saturated rings. The van der Waals surface area contributed by atoms with Crippen molar-refractivity contribution >= 4 is 17.3 Å². The van der Waals surface area contributed by atoms with E-state index < -0.39 is 0 Å². The first-order valence-corrected chi connectivity index (χ1v) is 3.75. The van der Waals surface area contributed by atoms with Crippen molar-refractivity contribution in [3.05, 3.63) is 11.2 Å². The van der Waals surface area contributed by atoms with Crippen molar-refractivity contribution < 1.29 is 0 Å². The highest BCUT2D eigenvalue weighted by molar-refractivity contribution is 6.29. The van der Waals surface area contributed by atoms with Gasteiger partial charge in [0, 0.05) is 23.5 Å². The van der Waals surface area contributed by atoms with Crippen molar-refractivity contribution in [1.82, 2.24) is 5.32 Å². The lowest BCUT2D eigenvalue weighted by molar-refractivity contribution is 0.902. The van der Waals surface area contributed by atoms with Gasteiger partial charge in [0.2, 0.25) is 0 Å². The van der Waals surface area contributed by atoms with Crippen molar-refractivity contribution in [3.63, 3.8) is 0 Å². The van der Waals surface area contributed by atoms with E-state index in [1.165, 1.54) is 5.71 Å². The third-order valence-electron chi connectivity index (χ3n) is 1.42. The number of nitrogens with one attached hydrogen (secondary N) is 1. The SMILES string of the molecule is CNCC1=NC=C(Cl)CC1. The molecule has 0 amide bonds. The Labute approximate surface area is 66.0 Å². The van der Waals surface area contributed by atoms with Gasteiger partial charge in [-0.3, -0.25) is 4.99 Å². The summed E-state index contributed by atoms with van der Waals surface area (Å²) in [6.07, 6.45) is 3.68. The predicted molar refractivity (Wildman–Crippen MR) is 44.5 cm³/mol. The van der Waals surface area contributed by atoms with E-state index in [1.54, 1.807) is 6.20 Å². The van der Waals surface area contributed by atoms with Crippen molar-refractivity contribution in [2.45, 2.75) is 12.8 Å². The van der Waals surface area contributed by atoms with Crippen LogP contribution in [0, 0.1) is 0 Å². The highest BCUT2D eigenvalue weighted by atomic mass is 35.5. The third kappa shape index (κ3) is 2.12. The summed E-state index contributed by atoms with van der Waals surface area (Å²) >= 11 is 5.72. The molecular formula is C7H11ClN2. The van der Waals surface area contributed by atoms with Gasteiger partial charge in [0.25, 0.3) is 0 Å². The van der Waals surface area contributed by atoms with Gasteiger partial charge in [0.05, 0.1) is 0 Å². The van der Waals surface area contributed by atoms with E-state index >= 15 is 0 Å². The molecular weight excluding hydrogens is 148 g/mol. The van der Waals surface area contributed by atoms with Crippen molar-refractivity contribution in [1.29, 1.82) is 0 Å². The lowest BCUT2D eigenvalue weighted by atomic mass is 10.2. The summed E-state index contributed by atoms with van der Waals surface area (Å²) < 4.78 is 0. The van der Waals surface area contributed by atoms with Crippen LogP contribution in [-0.4, -0.2) is 19.3 Å². The van der Waals surface area contributed by atoms with E-state index in [4.69, 9.17) is 11.6 Å². The molecule has 0 spiro atoms. The fraction of sp³-hybridized carbons (Fsp3) is 0.571. The monoisotopic (exact) mass is 158 g/mol. The van der Waals surface area contributed by atoms with Crippen LogP contribution in [0.2, 0.25) is 0 Å². The average molecular weight is 159 g/mol. The molecule has 2 nitrogen and oxygen atoms in total. The Balaban J connectivity index is 2.47. The van der Waals surface area contributed by atoms with E-state index in [0.29, 0.717) is 0 Å². The second-order valence-electron chi connectivity index (χ2n) is 2.30. The normalized spacial score (nSPS) is 18.2. The molecule has 1 aliphatic rings. The van der Waals surface area contributed by atoms with Gasteiger partial charge < -0.3 is 5.32 Å². The number of nitrogens with zero attached hydrogens (tertiary/aromatic N) is 1. The van der Waals surface area contributed by atoms with Crippen LogP contribution in [0.1, 0.15) is 12.8 Å². The minimum Gasteiger partial charge on any atom is -0.315 e. The Hall–Kier alpha value is -0.340. The summed E-state index contributed by atoms with van der Waals surface area (Å²) in [5.74, 6) is 0. The minimum absolute atomic E-state index is 0.861. The van der Waals surface area contributed by atoms with Gasteiger partial charge in [-0.15, -0.1) is 0 Å². The minimum atomic E-state index is 0.861. The standard InChI is InChI=1S/C7H11ClN2/c1-9-5-7-3-2-6(8)4-10-7/h4,9H,2-3,5H2,1H3. The molecule has 0 radical (unpaired) electrons. The van der Waals surface area contributed by atoms with Crippen LogP contribution in [0.5, 0.6) is 0 Å². The maximum Gasteiger partial charge on any atom is 0.0413 e. The van der Waals surface area contributed by atoms with Crippen LogP contribution in [0.4, 0.5) is 0 Å². The lowest BCUT2D eigenvalue weighted by Crippen LogP contribution is -2.19. The summed E-state index contributed by atoms with van der Waals surface area (Å²) in [4.78, 5) is 4.16. The molecule has 10 heavy (non-hydrogen) atoms. The quantitative estimate of drug-likeness (QED) is 0.648. The second-order valence-corrected chi connectivity index (χ2v) is 2.79. The number of hydrogen-bond acceptors (Lipinski definition) is 2. The van der Waals surface area contributed by atoms with Gasteiger partial charge in [0.1, 0.15) is 0 Å². The molecule has 1 N–H and O–H groups in total. The molecule has 0 aliphatic carbocycles. The summed E-state index contributed by atoms with van der Waals surface area (Å²) in [5.41, 5.74) is 1.19. The zero-order chi connectivity index (χ0) is 7.40. The number of halogens is 1. The van der Waals surface area contributed by atoms with Crippen molar-refractivity contribution in [3.8, 4) is 0 Å². The summed E-state index contributed by atoms with van der Waals surface area (Å²) in [7, 11) is 1.92. The molecule has 56 valence electrons. The average Bonchev–Trinajstić information content (AvgIpc) is 1.95. The van der Waals surface area contributed by atoms with Crippen LogP contribution >= 0.6 is 11.6 Å². The zero-order valence-corrected chi connectivity index (χ0v) is 6.78. The van der Waals surface area contributed by atoms with Crippen LogP contribution in [-0.2, 0) is 0 Å². The van der Waals surface area contributed by atoms with Gasteiger partial charge in [-0.25, -0.2) is 0 Å². The number of rotatable bonds is 2. The molecule has 0 aromatic carbocycles. The largest absolute Gasteiger partial charge is 0.315 e. The van der Waals surface area contributed by atoms with E-state index in [0.717, 1.165) is 24.4 Å². The maximum atomic E-state index is 5.72. The Morgan fingerprint density at radius 2 is 2.50 bits per heavy atom. The topological polar surface area (TPSA) is 24.4 Å². The Morgan fingerprint density at radius 1 is 1.70 bits per heavy atom.